The maximum atomic E-state index is 11.8. The van der Waals surface area contributed by atoms with Crippen LogP contribution in [0.2, 0.25) is 0 Å². The SMILES string of the molecule is COc1nsc(CNCC(F)(F)F)c1Br. The highest BCUT2D eigenvalue weighted by molar-refractivity contribution is 9.10. The Balaban J connectivity index is 2.48. The summed E-state index contributed by atoms with van der Waals surface area (Å²) in [6.45, 7) is -0.902. The van der Waals surface area contributed by atoms with Crippen molar-refractivity contribution >= 4 is 27.5 Å². The van der Waals surface area contributed by atoms with Gasteiger partial charge in [-0.15, -0.1) is 0 Å². The van der Waals surface area contributed by atoms with Gasteiger partial charge in [0.05, 0.1) is 23.0 Å². The zero-order chi connectivity index (χ0) is 11.5. The van der Waals surface area contributed by atoms with E-state index in [0.29, 0.717) is 15.2 Å². The smallest absolute Gasteiger partial charge is 0.401 e. The molecule has 0 amide bonds. The molecule has 0 unspecified atom stereocenters. The predicted molar refractivity (Wildman–Crippen MR) is 54.1 cm³/mol. The van der Waals surface area contributed by atoms with Crippen LogP contribution in [-0.4, -0.2) is 24.2 Å². The summed E-state index contributed by atoms with van der Waals surface area (Å²) in [5.41, 5.74) is 0. The molecule has 0 aromatic carbocycles. The summed E-state index contributed by atoms with van der Waals surface area (Å²) < 4.78 is 44.8. The highest BCUT2D eigenvalue weighted by Gasteiger charge is 2.26. The topological polar surface area (TPSA) is 34.1 Å². The van der Waals surface area contributed by atoms with Crippen molar-refractivity contribution in [2.45, 2.75) is 12.7 Å². The van der Waals surface area contributed by atoms with Gasteiger partial charge in [-0.2, -0.15) is 17.5 Å². The van der Waals surface area contributed by atoms with Gasteiger partial charge in [0, 0.05) is 6.54 Å². The minimum absolute atomic E-state index is 0.112. The monoisotopic (exact) mass is 304 g/mol. The summed E-state index contributed by atoms with van der Waals surface area (Å²) in [5.74, 6) is 0.392. The molecule has 0 saturated carbocycles. The lowest BCUT2D eigenvalue weighted by Gasteiger charge is -2.06. The van der Waals surface area contributed by atoms with Gasteiger partial charge in [0.25, 0.3) is 0 Å². The summed E-state index contributed by atoms with van der Waals surface area (Å²) in [6, 6.07) is 0. The predicted octanol–water partition coefficient (Wildman–Crippen LogP) is 2.57. The lowest BCUT2D eigenvalue weighted by Crippen LogP contribution is -2.28. The van der Waals surface area contributed by atoms with Crippen LogP contribution < -0.4 is 10.1 Å². The fraction of sp³-hybridized carbons (Fsp3) is 0.571. The van der Waals surface area contributed by atoms with Crippen LogP contribution in [0.5, 0.6) is 5.88 Å². The van der Waals surface area contributed by atoms with Crippen LogP contribution in [0.3, 0.4) is 0 Å². The number of ether oxygens (including phenoxy) is 1. The molecule has 86 valence electrons. The van der Waals surface area contributed by atoms with E-state index in [4.69, 9.17) is 4.74 Å². The van der Waals surface area contributed by atoms with E-state index in [9.17, 15) is 13.2 Å². The van der Waals surface area contributed by atoms with E-state index < -0.39 is 12.7 Å². The van der Waals surface area contributed by atoms with Gasteiger partial charge in [-0.05, 0) is 27.5 Å². The minimum atomic E-state index is -4.19. The fourth-order valence-electron chi connectivity index (χ4n) is 0.850. The second-order valence-corrected chi connectivity index (χ2v) is 4.30. The van der Waals surface area contributed by atoms with Crippen LogP contribution in [-0.2, 0) is 6.54 Å². The quantitative estimate of drug-likeness (QED) is 0.928. The average molecular weight is 305 g/mol. The van der Waals surface area contributed by atoms with E-state index in [-0.39, 0.29) is 6.54 Å². The van der Waals surface area contributed by atoms with E-state index in [0.717, 1.165) is 11.5 Å². The van der Waals surface area contributed by atoms with Gasteiger partial charge < -0.3 is 10.1 Å². The third-order valence-electron chi connectivity index (χ3n) is 1.48. The number of nitrogens with zero attached hydrogens (tertiary/aromatic N) is 1. The molecule has 0 aliphatic rings. The van der Waals surface area contributed by atoms with Gasteiger partial charge in [0.15, 0.2) is 0 Å². The summed E-state index contributed by atoms with van der Waals surface area (Å²) in [6.07, 6.45) is -4.19. The number of halogens is 4. The Bertz CT molecular complexity index is 329. The van der Waals surface area contributed by atoms with Gasteiger partial charge in [-0.1, -0.05) is 0 Å². The van der Waals surface area contributed by atoms with Gasteiger partial charge in [0.2, 0.25) is 5.88 Å². The van der Waals surface area contributed by atoms with Crippen LogP contribution >= 0.6 is 27.5 Å². The highest BCUT2D eigenvalue weighted by Crippen LogP contribution is 2.30. The first-order valence-electron chi connectivity index (χ1n) is 3.89. The van der Waals surface area contributed by atoms with E-state index in [1.807, 2.05) is 0 Å². The molecule has 1 heterocycles. The molecule has 1 aromatic rings. The maximum absolute atomic E-state index is 11.8. The van der Waals surface area contributed by atoms with E-state index in [1.165, 1.54) is 7.11 Å². The lowest BCUT2D eigenvalue weighted by atomic mass is 10.4. The van der Waals surface area contributed by atoms with Crippen LogP contribution in [0.4, 0.5) is 13.2 Å². The van der Waals surface area contributed by atoms with Crippen molar-refractivity contribution < 1.29 is 17.9 Å². The Hall–Kier alpha value is -0.340. The van der Waals surface area contributed by atoms with Crippen molar-refractivity contribution in [3.63, 3.8) is 0 Å². The number of nitrogens with one attached hydrogen (secondary N) is 1. The van der Waals surface area contributed by atoms with E-state index in [2.05, 4.69) is 25.6 Å². The molecule has 0 radical (unpaired) electrons. The molecule has 0 aliphatic heterocycles. The lowest BCUT2D eigenvalue weighted by molar-refractivity contribution is -0.125. The Morgan fingerprint density at radius 2 is 2.20 bits per heavy atom. The standard InChI is InChI=1S/C7H8BrF3N2OS/c1-14-6-5(8)4(15-13-6)2-12-3-7(9,10)11/h12H,2-3H2,1H3. The molecule has 0 aliphatic carbocycles. The Kier molecular flexibility index (Phi) is 4.35. The molecule has 0 spiro atoms. The molecule has 0 bridgehead atoms. The van der Waals surface area contributed by atoms with E-state index in [1.54, 1.807) is 0 Å². The molecule has 1 aromatic heterocycles. The molecular formula is C7H8BrF3N2OS. The first-order chi connectivity index (χ1) is 6.94. The Morgan fingerprint density at radius 1 is 1.53 bits per heavy atom. The first kappa shape index (κ1) is 12.7. The summed E-state index contributed by atoms with van der Waals surface area (Å²) >= 11 is 4.29. The van der Waals surface area contributed by atoms with Crippen LogP contribution in [0.15, 0.2) is 4.47 Å². The maximum Gasteiger partial charge on any atom is 0.401 e. The molecule has 15 heavy (non-hydrogen) atoms. The zero-order valence-electron chi connectivity index (χ0n) is 7.69. The van der Waals surface area contributed by atoms with Crippen LogP contribution in [0.25, 0.3) is 0 Å². The molecule has 0 saturated heterocycles. The van der Waals surface area contributed by atoms with Crippen molar-refractivity contribution in [3.05, 3.63) is 9.35 Å². The molecule has 3 nitrogen and oxygen atoms in total. The van der Waals surface area contributed by atoms with Crippen molar-refractivity contribution in [1.29, 1.82) is 0 Å². The van der Waals surface area contributed by atoms with Crippen molar-refractivity contribution in [1.82, 2.24) is 9.69 Å². The minimum Gasteiger partial charge on any atom is -0.480 e. The molecule has 1 rings (SSSR count). The average Bonchev–Trinajstić information content (AvgIpc) is 2.46. The first-order valence-corrected chi connectivity index (χ1v) is 5.46. The van der Waals surface area contributed by atoms with Crippen molar-refractivity contribution in [3.8, 4) is 5.88 Å². The number of alkyl halides is 3. The van der Waals surface area contributed by atoms with Gasteiger partial charge in [0.1, 0.15) is 0 Å². The van der Waals surface area contributed by atoms with Crippen molar-refractivity contribution in [2.75, 3.05) is 13.7 Å². The Morgan fingerprint density at radius 3 is 2.67 bits per heavy atom. The van der Waals surface area contributed by atoms with E-state index >= 15 is 0 Å². The normalized spacial score (nSPS) is 11.8. The summed E-state index contributed by atoms with van der Waals surface area (Å²) in [5, 5.41) is 2.28. The van der Waals surface area contributed by atoms with Gasteiger partial charge >= 0.3 is 6.18 Å². The largest absolute Gasteiger partial charge is 0.480 e. The summed E-state index contributed by atoms with van der Waals surface area (Å²) in [4.78, 5) is 0.677. The molecule has 1 N–H and O–H groups in total. The number of methoxy groups -OCH3 is 1. The number of hydrogen-bond donors (Lipinski definition) is 1. The second kappa shape index (κ2) is 5.13. The molecule has 0 atom stereocenters. The zero-order valence-corrected chi connectivity index (χ0v) is 10.1. The highest BCUT2D eigenvalue weighted by atomic mass is 79.9. The third-order valence-corrected chi connectivity index (χ3v) is 3.38. The number of aromatic nitrogens is 1. The molecule has 8 heteroatoms. The fourth-order valence-corrected chi connectivity index (χ4v) is 2.27. The van der Waals surface area contributed by atoms with Gasteiger partial charge in [-0.3, -0.25) is 0 Å². The molecule has 0 fully saturated rings. The second-order valence-electron chi connectivity index (χ2n) is 2.65. The molecular weight excluding hydrogens is 297 g/mol. The van der Waals surface area contributed by atoms with Gasteiger partial charge in [-0.25, -0.2) is 0 Å². The van der Waals surface area contributed by atoms with Crippen molar-refractivity contribution in [2.24, 2.45) is 0 Å². The number of rotatable bonds is 4. The van der Waals surface area contributed by atoms with Crippen LogP contribution in [0.1, 0.15) is 4.88 Å². The third kappa shape index (κ3) is 3.96. The summed E-state index contributed by atoms with van der Waals surface area (Å²) in [7, 11) is 1.45. The number of hydrogen-bond acceptors (Lipinski definition) is 4. The Labute approximate surface area is 96.9 Å². The van der Waals surface area contributed by atoms with Crippen LogP contribution in [0, 0.1) is 0 Å².